The fraction of sp³-hybridized carbons (Fsp3) is 0.182. The molecule has 31 heavy (non-hydrogen) atoms. The van der Waals surface area contributed by atoms with E-state index in [1.54, 1.807) is 12.1 Å². The third-order valence-electron chi connectivity index (χ3n) is 4.85. The van der Waals surface area contributed by atoms with Gasteiger partial charge in [0, 0.05) is 16.4 Å². The van der Waals surface area contributed by atoms with Gasteiger partial charge in [0.15, 0.2) is 5.11 Å². The smallest absolute Gasteiger partial charge is 0.335 e. The Kier molecular flexibility index (Phi) is 6.87. The molecular formula is C22H21BrN4O3S. The van der Waals surface area contributed by atoms with Gasteiger partial charge in [-0.3, -0.25) is 9.78 Å². The molecule has 1 aromatic heterocycles. The minimum atomic E-state index is -0.758. The van der Waals surface area contributed by atoms with Crippen molar-refractivity contribution in [3.63, 3.8) is 0 Å². The number of thiocarbonyl (C=S) groups is 1. The second kappa shape index (κ2) is 9.40. The Morgan fingerprint density at radius 1 is 1.23 bits per heavy atom. The summed E-state index contributed by atoms with van der Waals surface area (Å²) in [6.07, 6.45) is 1.76. The summed E-state index contributed by atoms with van der Waals surface area (Å²) >= 11 is 8.63. The van der Waals surface area contributed by atoms with Crippen LogP contribution in [0, 0.1) is 13.8 Å². The molecular weight excluding hydrogens is 480 g/mol. The van der Waals surface area contributed by atoms with Gasteiger partial charge in [-0.2, -0.15) is 0 Å². The Labute approximate surface area is 192 Å². The Hall–Kier alpha value is -3.04. The topological polar surface area (TPSA) is 99.5 Å². The van der Waals surface area contributed by atoms with Crippen LogP contribution >= 0.6 is 28.1 Å². The number of halogens is 1. The van der Waals surface area contributed by atoms with E-state index < -0.39 is 17.1 Å². The molecule has 1 heterocycles. The summed E-state index contributed by atoms with van der Waals surface area (Å²) in [7, 11) is 0. The highest BCUT2D eigenvalue weighted by molar-refractivity contribution is 9.10. The van der Waals surface area contributed by atoms with E-state index in [0.29, 0.717) is 12.1 Å². The summed E-state index contributed by atoms with van der Waals surface area (Å²) in [5, 5.41) is 13.8. The Morgan fingerprint density at radius 2 is 1.97 bits per heavy atom. The van der Waals surface area contributed by atoms with E-state index in [1.807, 2.05) is 45.0 Å². The normalized spacial score (nSPS) is 11.1. The Morgan fingerprint density at radius 3 is 2.65 bits per heavy atom. The van der Waals surface area contributed by atoms with Crippen LogP contribution in [0.3, 0.4) is 0 Å². The molecule has 7 nitrogen and oxygen atoms in total. The molecule has 0 fully saturated rings. The van der Waals surface area contributed by atoms with Crippen LogP contribution in [0.1, 0.15) is 29.2 Å². The number of nitrogens with zero attached hydrogens (tertiary/aromatic N) is 2. The molecule has 0 radical (unpaired) electrons. The standard InChI is InChI=1S/C22H21BrN4O3S/c1-4-14-10-15(23)6-8-18(14)27-20(29)17(19(28)26-22(27)30)11-24-21(31)25-16-7-5-12(2)13(3)9-16/h5-11,29H,4H2,1-3H3,(H,25,31)(H,26,28,30). The zero-order valence-electron chi connectivity index (χ0n) is 17.2. The van der Waals surface area contributed by atoms with Crippen LogP contribution in [0.15, 0.2) is 55.5 Å². The van der Waals surface area contributed by atoms with Gasteiger partial charge < -0.3 is 10.4 Å². The number of benzene rings is 2. The van der Waals surface area contributed by atoms with Crippen LogP contribution in [-0.2, 0) is 6.42 Å². The molecule has 0 atom stereocenters. The van der Waals surface area contributed by atoms with Crippen LogP contribution in [-0.4, -0.2) is 26.0 Å². The van der Waals surface area contributed by atoms with Crippen molar-refractivity contribution in [1.82, 2.24) is 9.55 Å². The maximum absolute atomic E-state index is 12.5. The maximum Gasteiger partial charge on any atom is 0.335 e. The van der Waals surface area contributed by atoms with Crippen molar-refractivity contribution in [1.29, 1.82) is 0 Å². The lowest BCUT2D eigenvalue weighted by Crippen LogP contribution is -2.32. The van der Waals surface area contributed by atoms with Crippen LogP contribution in [0.4, 0.5) is 5.69 Å². The molecule has 0 spiro atoms. The summed E-state index contributed by atoms with van der Waals surface area (Å²) in [4.78, 5) is 31.1. The van der Waals surface area contributed by atoms with Gasteiger partial charge in [0.2, 0.25) is 5.88 Å². The van der Waals surface area contributed by atoms with Gasteiger partial charge in [-0.1, -0.05) is 28.9 Å². The summed E-state index contributed by atoms with van der Waals surface area (Å²) in [5.41, 5.74) is 2.62. The molecule has 2 aromatic carbocycles. The molecule has 0 bridgehead atoms. The largest absolute Gasteiger partial charge is 0.493 e. The van der Waals surface area contributed by atoms with Gasteiger partial charge in [-0.25, -0.2) is 14.4 Å². The number of nitrogens with one attached hydrogen (secondary N) is 2. The molecule has 0 aliphatic carbocycles. The Bertz CT molecular complexity index is 1310. The molecule has 0 unspecified atom stereocenters. The van der Waals surface area contributed by atoms with Crippen LogP contribution in [0.2, 0.25) is 0 Å². The fourth-order valence-electron chi connectivity index (χ4n) is 3.03. The molecule has 0 saturated carbocycles. The van der Waals surface area contributed by atoms with Crippen molar-refractivity contribution in [2.45, 2.75) is 27.2 Å². The lowest BCUT2D eigenvalue weighted by Gasteiger charge is -2.13. The summed E-state index contributed by atoms with van der Waals surface area (Å²) < 4.78 is 1.89. The summed E-state index contributed by atoms with van der Waals surface area (Å²) in [6, 6.07) is 11.1. The van der Waals surface area contributed by atoms with Gasteiger partial charge >= 0.3 is 5.69 Å². The van der Waals surface area contributed by atoms with E-state index in [0.717, 1.165) is 37.6 Å². The van der Waals surface area contributed by atoms with Crippen molar-refractivity contribution in [2.24, 2.45) is 4.99 Å². The van der Waals surface area contributed by atoms with Crippen molar-refractivity contribution < 1.29 is 5.11 Å². The number of aromatic hydroxyl groups is 1. The Balaban J connectivity index is 1.98. The van der Waals surface area contributed by atoms with Crippen molar-refractivity contribution >= 4 is 45.2 Å². The number of rotatable bonds is 4. The predicted molar refractivity (Wildman–Crippen MR) is 131 cm³/mol. The first kappa shape index (κ1) is 22.6. The van der Waals surface area contributed by atoms with Crippen LogP contribution < -0.4 is 16.6 Å². The number of aliphatic imine (C=N–C) groups is 1. The maximum atomic E-state index is 12.5. The van der Waals surface area contributed by atoms with Gasteiger partial charge in [-0.15, -0.1) is 0 Å². The molecule has 3 rings (SSSR count). The highest BCUT2D eigenvalue weighted by Gasteiger charge is 2.16. The summed E-state index contributed by atoms with van der Waals surface area (Å²) in [6.45, 7) is 5.92. The first-order valence-corrected chi connectivity index (χ1v) is 10.7. The number of aryl methyl sites for hydroxylation is 3. The quantitative estimate of drug-likeness (QED) is 0.371. The van der Waals surface area contributed by atoms with Crippen molar-refractivity contribution in [3.05, 3.63) is 84.0 Å². The number of aromatic nitrogens is 2. The van der Waals surface area contributed by atoms with Crippen LogP contribution in [0.25, 0.3) is 5.69 Å². The number of hydrogen-bond donors (Lipinski definition) is 3. The SMILES string of the molecule is CCc1cc(Br)ccc1-n1c(O)c(C=NC(=S)Nc2ccc(C)c(C)c2)c(=O)[nH]c1=O. The van der Waals surface area contributed by atoms with Crippen molar-refractivity contribution in [3.8, 4) is 11.6 Å². The van der Waals surface area contributed by atoms with E-state index in [9.17, 15) is 14.7 Å². The van der Waals surface area contributed by atoms with Gasteiger partial charge in [-0.05, 0) is 79.5 Å². The van der Waals surface area contributed by atoms with E-state index in [-0.39, 0.29) is 10.7 Å². The zero-order chi connectivity index (χ0) is 22.7. The zero-order valence-corrected chi connectivity index (χ0v) is 19.6. The average molecular weight is 501 g/mol. The first-order chi connectivity index (χ1) is 14.7. The number of H-pyrrole nitrogens is 1. The summed E-state index contributed by atoms with van der Waals surface area (Å²) in [5.74, 6) is -0.511. The van der Waals surface area contributed by atoms with E-state index in [2.05, 4.69) is 31.2 Å². The van der Waals surface area contributed by atoms with Crippen LogP contribution in [0.5, 0.6) is 5.88 Å². The van der Waals surface area contributed by atoms with Gasteiger partial charge in [0.25, 0.3) is 5.56 Å². The second-order valence-corrected chi connectivity index (χ2v) is 8.25. The number of anilines is 1. The third-order valence-corrected chi connectivity index (χ3v) is 5.55. The highest BCUT2D eigenvalue weighted by atomic mass is 79.9. The van der Waals surface area contributed by atoms with E-state index in [4.69, 9.17) is 12.2 Å². The minimum Gasteiger partial charge on any atom is -0.493 e. The monoisotopic (exact) mass is 500 g/mol. The molecule has 3 aromatic rings. The average Bonchev–Trinajstić information content (AvgIpc) is 2.71. The molecule has 3 N–H and O–H groups in total. The lowest BCUT2D eigenvalue weighted by atomic mass is 10.1. The van der Waals surface area contributed by atoms with Crippen molar-refractivity contribution in [2.75, 3.05) is 5.32 Å². The molecule has 0 saturated heterocycles. The molecule has 9 heteroatoms. The van der Waals surface area contributed by atoms with Gasteiger partial charge in [0.05, 0.1) is 5.69 Å². The predicted octanol–water partition coefficient (Wildman–Crippen LogP) is 3.99. The first-order valence-electron chi connectivity index (χ1n) is 9.50. The molecule has 0 aliphatic rings. The highest BCUT2D eigenvalue weighted by Crippen LogP contribution is 2.23. The minimum absolute atomic E-state index is 0.109. The third kappa shape index (κ3) is 5.00. The molecule has 0 amide bonds. The number of hydrogen-bond acceptors (Lipinski definition) is 4. The van der Waals surface area contributed by atoms with Gasteiger partial charge in [0.1, 0.15) is 5.56 Å². The number of aromatic amines is 1. The molecule has 0 aliphatic heterocycles. The van der Waals surface area contributed by atoms with E-state index >= 15 is 0 Å². The fourth-order valence-corrected chi connectivity index (χ4v) is 3.61. The second-order valence-electron chi connectivity index (χ2n) is 6.95. The lowest BCUT2D eigenvalue weighted by molar-refractivity contribution is 0.429. The van der Waals surface area contributed by atoms with E-state index in [1.165, 1.54) is 0 Å². The molecule has 160 valence electrons.